The molecule has 0 aliphatic carbocycles. The van der Waals surface area contributed by atoms with Crippen LogP contribution in [0.3, 0.4) is 0 Å². The quantitative estimate of drug-likeness (QED) is 0.823. The minimum absolute atomic E-state index is 0.562. The van der Waals surface area contributed by atoms with E-state index >= 15 is 0 Å². The van der Waals surface area contributed by atoms with Crippen molar-refractivity contribution in [1.29, 1.82) is 0 Å². The molecule has 1 aromatic carbocycles. The summed E-state index contributed by atoms with van der Waals surface area (Å²) < 4.78 is 5.80. The molecule has 1 aromatic heterocycles. The Kier molecular flexibility index (Phi) is 2.79. The van der Waals surface area contributed by atoms with Gasteiger partial charge in [-0.25, -0.2) is 0 Å². The molecule has 1 heterocycles. The molecule has 0 spiro atoms. The summed E-state index contributed by atoms with van der Waals surface area (Å²) >= 11 is 3.34. The van der Waals surface area contributed by atoms with Crippen molar-refractivity contribution in [2.45, 2.75) is 6.10 Å². The van der Waals surface area contributed by atoms with Crippen molar-refractivity contribution in [2.75, 3.05) is 5.73 Å². The topological polar surface area (TPSA) is 59.4 Å². The molecule has 2 aromatic rings. The summed E-state index contributed by atoms with van der Waals surface area (Å²) in [4.78, 5) is 0. The molecular formula is C11H10BrNO2. The fraction of sp³-hybridized carbons (Fsp3) is 0.0909. The summed E-state index contributed by atoms with van der Waals surface area (Å²) in [7, 11) is 0. The van der Waals surface area contributed by atoms with Gasteiger partial charge in [0.15, 0.2) is 0 Å². The van der Waals surface area contributed by atoms with Crippen molar-refractivity contribution < 1.29 is 9.52 Å². The summed E-state index contributed by atoms with van der Waals surface area (Å²) in [5.74, 6) is 0. The van der Waals surface area contributed by atoms with E-state index in [0.717, 1.165) is 4.47 Å². The average molecular weight is 268 g/mol. The van der Waals surface area contributed by atoms with Crippen LogP contribution < -0.4 is 5.73 Å². The summed E-state index contributed by atoms with van der Waals surface area (Å²) in [6, 6.07) is 7.10. The maximum Gasteiger partial charge on any atom is 0.109 e. The zero-order valence-corrected chi connectivity index (χ0v) is 9.44. The Morgan fingerprint density at radius 2 is 2.13 bits per heavy atom. The Hall–Kier alpha value is -1.26. The molecule has 1 unspecified atom stereocenters. The molecule has 4 heteroatoms. The SMILES string of the molecule is Nc1ccc(Br)cc1C(O)c1ccoc1. The van der Waals surface area contributed by atoms with Gasteiger partial charge in [0, 0.05) is 21.3 Å². The van der Waals surface area contributed by atoms with E-state index in [1.165, 1.54) is 12.5 Å². The van der Waals surface area contributed by atoms with Crippen LogP contribution in [0.5, 0.6) is 0 Å². The summed E-state index contributed by atoms with van der Waals surface area (Å²) in [6.07, 6.45) is 2.28. The highest BCUT2D eigenvalue weighted by atomic mass is 79.9. The molecule has 0 fully saturated rings. The number of hydrogen-bond donors (Lipinski definition) is 2. The molecule has 0 aliphatic rings. The maximum absolute atomic E-state index is 10.0. The van der Waals surface area contributed by atoms with Gasteiger partial charge in [-0.3, -0.25) is 0 Å². The summed E-state index contributed by atoms with van der Waals surface area (Å²) in [5.41, 5.74) is 7.71. The zero-order valence-electron chi connectivity index (χ0n) is 7.85. The van der Waals surface area contributed by atoms with Gasteiger partial charge < -0.3 is 15.3 Å². The molecule has 78 valence electrons. The number of halogens is 1. The van der Waals surface area contributed by atoms with E-state index in [0.29, 0.717) is 16.8 Å². The van der Waals surface area contributed by atoms with Crippen molar-refractivity contribution in [3.63, 3.8) is 0 Å². The van der Waals surface area contributed by atoms with Crippen LogP contribution >= 0.6 is 15.9 Å². The van der Waals surface area contributed by atoms with Crippen LogP contribution in [0, 0.1) is 0 Å². The van der Waals surface area contributed by atoms with Crippen LogP contribution in [-0.2, 0) is 0 Å². The van der Waals surface area contributed by atoms with Crippen molar-refractivity contribution >= 4 is 21.6 Å². The number of benzene rings is 1. The zero-order chi connectivity index (χ0) is 10.8. The molecule has 1 atom stereocenters. The minimum atomic E-state index is -0.749. The number of rotatable bonds is 2. The Balaban J connectivity index is 2.41. The lowest BCUT2D eigenvalue weighted by Crippen LogP contribution is -2.02. The Bertz CT molecular complexity index is 454. The van der Waals surface area contributed by atoms with Gasteiger partial charge in [0.2, 0.25) is 0 Å². The molecule has 2 rings (SSSR count). The number of hydrogen-bond acceptors (Lipinski definition) is 3. The molecule has 0 aliphatic heterocycles. The van der Waals surface area contributed by atoms with Gasteiger partial charge in [-0.2, -0.15) is 0 Å². The molecule has 3 nitrogen and oxygen atoms in total. The van der Waals surface area contributed by atoms with Gasteiger partial charge in [-0.15, -0.1) is 0 Å². The number of nitrogen functional groups attached to an aromatic ring is 1. The first kappa shape index (κ1) is 10.3. The van der Waals surface area contributed by atoms with E-state index in [2.05, 4.69) is 15.9 Å². The van der Waals surface area contributed by atoms with E-state index in [1.807, 2.05) is 6.07 Å². The third-order valence-corrected chi connectivity index (χ3v) is 2.70. The first-order chi connectivity index (χ1) is 7.18. The summed E-state index contributed by atoms with van der Waals surface area (Å²) in [5, 5.41) is 10.0. The first-order valence-corrected chi connectivity index (χ1v) is 5.23. The van der Waals surface area contributed by atoms with Gasteiger partial charge in [-0.1, -0.05) is 15.9 Å². The lowest BCUT2D eigenvalue weighted by molar-refractivity contribution is 0.220. The van der Waals surface area contributed by atoms with E-state index in [1.54, 1.807) is 18.2 Å². The van der Waals surface area contributed by atoms with Crippen molar-refractivity contribution in [3.05, 3.63) is 52.4 Å². The first-order valence-electron chi connectivity index (χ1n) is 4.43. The lowest BCUT2D eigenvalue weighted by atomic mass is 10.0. The molecule has 0 bridgehead atoms. The van der Waals surface area contributed by atoms with Crippen LogP contribution in [0.25, 0.3) is 0 Å². The van der Waals surface area contributed by atoms with E-state index in [9.17, 15) is 5.11 Å². The molecular weight excluding hydrogens is 258 g/mol. The molecule has 0 amide bonds. The highest BCUT2D eigenvalue weighted by molar-refractivity contribution is 9.10. The number of nitrogens with two attached hydrogens (primary N) is 1. The predicted octanol–water partition coefficient (Wildman–Crippen LogP) is 2.71. The largest absolute Gasteiger partial charge is 0.472 e. The van der Waals surface area contributed by atoms with Crippen LogP contribution in [0.4, 0.5) is 5.69 Å². The summed E-state index contributed by atoms with van der Waals surface area (Å²) in [6.45, 7) is 0. The monoisotopic (exact) mass is 267 g/mol. The van der Waals surface area contributed by atoms with E-state index < -0.39 is 6.10 Å². The number of aliphatic hydroxyl groups is 1. The predicted molar refractivity (Wildman–Crippen MR) is 61.3 cm³/mol. The molecule has 0 radical (unpaired) electrons. The van der Waals surface area contributed by atoms with E-state index in [4.69, 9.17) is 10.2 Å². The number of aliphatic hydroxyl groups excluding tert-OH is 1. The molecule has 3 N–H and O–H groups in total. The number of furan rings is 1. The van der Waals surface area contributed by atoms with Gasteiger partial charge in [0.25, 0.3) is 0 Å². The van der Waals surface area contributed by atoms with Crippen molar-refractivity contribution in [1.82, 2.24) is 0 Å². The standard InChI is InChI=1S/C11H10BrNO2/c12-8-1-2-10(13)9(5-8)11(14)7-3-4-15-6-7/h1-6,11,14H,13H2. The van der Waals surface area contributed by atoms with Crippen molar-refractivity contribution in [3.8, 4) is 0 Å². The second kappa shape index (κ2) is 4.08. The third kappa shape index (κ3) is 2.06. The average Bonchev–Trinajstić information content (AvgIpc) is 2.74. The Labute approximate surface area is 95.6 Å². The highest BCUT2D eigenvalue weighted by Gasteiger charge is 2.14. The lowest BCUT2D eigenvalue weighted by Gasteiger charge is -2.11. The highest BCUT2D eigenvalue weighted by Crippen LogP contribution is 2.29. The van der Waals surface area contributed by atoms with Gasteiger partial charge in [0.1, 0.15) is 6.10 Å². The second-order valence-electron chi connectivity index (χ2n) is 3.23. The molecule has 0 saturated carbocycles. The van der Waals surface area contributed by atoms with Crippen LogP contribution in [-0.4, -0.2) is 5.11 Å². The van der Waals surface area contributed by atoms with E-state index in [-0.39, 0.29) is 0 Å². The Morgan fingerprint density at radius 1 is 1.33 bits per heavy atom. The van der Waals surface area contributed by atoms with Crippen molar-refractivity contribution in [2.24, 2.45) is 0 Å². The maximum atomic E-state index is 10.0. The normalized spacial score (nSPS) is 12.7. The van der Waals surface area contributed by atoms with Gasteiger partial charge in [-0.05, 0) is 24.3 Å². The number of anilines is 1. The van der Waals surface area contributed by atoms with Crippen LogP contribution in [0.2, 0.25) is 0 Å². The molecule has 0 saturated heterocycles. The van der Waals surface area contributed by atoms with Crippen LogP contribution in [0.1, 0.15) is 17.2 Å². The smallest absolute Gasteiger partial charge is 0.109 e. The van der Waals surface area contributed by atoms with Crippen LogP contribution in [0.15, 0.2) is 45.7 Å². The fourth-order valence-corrected chi connectivity index (χ4v) is 1.77. The Morgan fingerprint density at radius 3 is 2.80 bits per heavy atom. The van der Waals surface area contributed by atoms with Gasteiger partial charge >= 0.3 is 0 Å². The van der Waals surface area contributed by atoms with Gasteiger partial charge in [0.05, 0.1) is 12.5 Å². The minimum Gasteiger partial charge on any atom is -0.472 e. The fourth-order valence-electron chi connectivity index (χ4n) is 1.39. The third-order valence-electron chi connectivity index (χ3n) is 2.20. The molecule has 15 heavy (non-hydrogen) atoms. The second-order valence-corrected chi connectivity index (χ2v) is 4.15.